The van der Waals surface area contributed by atoms with E-state index in [0.717, 1.165) is 31.2 Å². The van der Waals surface area contributed by atoms with Crippen LogP contribution in [0.3, 0.4) is 0 Å². The highest BCUT2D eigenvalue weighted by Crippen LogP contribution is 2.18. The van der Waals surface area contributed by atoms with Gasteiger partial charge in [0.1, 0.15) is 0 Å². The molecular formula is C15H19ClN2O2. The lowest BCUT2D eigenvalue weighted by Crippen LogP contribution is -2.37. The lowest BCUT2D eigenvalue weighted by molar-refractivity contribution is -0.126. The normalized spacial score (nSPS) is 13.8. The van der Waals surface area contributed by atoms with E-state index < -0.39 is 0 Å². The number of nitrogens with one attached hydrogen (secondary N) is 2. The van der Waals surface area contributed by atoms with Crippen LogP contribution in [0.15, 0.2) is 24.3 Å². The van der Waals surface area contributed by atoms with E-state index in [9.17, 15) is 9.59 Å². The molecular weight excluding hydrogens is 276 g/mol. The van der Waals surface area contributed by atoms with Crippen molar-refractivity contribution in [3.8, 4) is 0 Å². The third-order valence-corrected chi connectivity index (χ3v) is 3.42. The highest BCUT2D eigenvalue weighted by atomic mass is 35.5. The number of hydrogen-bond acceptors (Lipinski definition) is 2. The Balaban J connectivity index is 1.57. The number of hydrogen-bond donors (Lipinski definition) is 2. The van der Waals surface area contributed by atoms with Crippen LogP contribution >= 0.6 is 11.6 Å². The van der Waals surface area contributed by atoms with Gasteiger partial charge in [-0.15, -0.1) is 0 Å². The van der Waals surface area contributed by atoms with E-state index in [0.29, 0.717) is 17.5 Å². The van der Waals surface area contributed by atoms with Crippen LogP contribution in [0.2, 0.25) is 5.02 Å². The summed E-state index contributed by atoms with van der Waals surface area (Å²) in [6.45, 7) is 0.0796. The molecule has 0 saturated heterocycles. The van der Waals surface area contributed by atoms with Crippen LogP contribution in [0.1, 0.15) is 31.2 Å². The van der Waals surface area contributed by atoms with E-state index in [1.165, 1.54) is 0 Å². The fourth-order valence-corrected chi connectivity index (χ4v) is 2.00. The quantitative estimate of drug-likeness (QED) is 0.809. The Morgan fingerprint density at radius 1 is 1.15 bits per heavy atom. The topological polar surface area (TPSA) is 58.2 Å². The molecule has 0 heterocycles. The monoisotopic (exact) mass is 294 g/mol. The van der Waals surface area contributed by atoms with Gasteiger partial charge in [0, 0.05) is 17.5 Å². The van der Waals surface area contributed by atoms with Gasteiger partial charge in [-0.05, 0) is 43.4 Å². The van der Waals surface area contributed by atoms with Gasteiger partial charge in [0.25, 0.3) is 0 Å². The van der Waals surface area contributed by atoms with Crippen molar-refractivity contribution >= 4 is 23.4 Å². The van der Waals surface area contributed by atoms with Crippen molar-refractivity contribution in [2.24, 2.45) is 0 Å². The Morgan fingerprint density at radius 2 is 1.85 bits per heavy atom. The van der Waals surface area contributed by atoms with E-state index in [1.54, 1.807) is 0 Å². The fraction of sp³-hybridized carbons (Fsp3) is 0.467. The summed E-state index contributed by atoms with van der Waals surface area (Å²) in [5.74, 6) is -0.177. The van der Waals surface area contributed by atoms with Crippen molar-refractivity contribution in [2.75, 3.05) is 6.54 Å². The van der Waals surface area contributed by atoms with Crippen molar-refractivity contribution in [1.82, 2.24) is 10.6 Å². The van der Waals surface area contributed by atoms with Crippen molar-refractivity contribution in [2.45, 2.75) is 38.1 Å². The van der Waals surface area contributed by atoms with Crippen LogP contribution in [0, 0.1) is 0 Å². The number of amides is 2. The Morgan fingerprint density at radius 3 is 2.50 bits per heavy atom. The number of rotatable bonds is 7. The number of aryl methyl sites for hydroxylation is 1. The van der Waals surface area contributed by atoms with Crippen molar-refractivity contribution in [3.63, 3.8) is 0 Å². The SMILES string of the molecule is O=C(CCCc1ccc(Cl)cc1)NCC(=O)NC1CC1. The standard InChI is InChI=1S/C15H19ClN2O2/c16-12-6-4-11(5-7-12)2-1-3-14(19)17-10-15(20)18-13-8-9-13/h4-7,13H,1-3,8-10H2,(H,17,19)(H,18,20). The molecule has 1 aromatic rings. The van der Waals surface area contributed by atoms with Gasteiger partial charge in [0.2, 0.25) is 11.8 Å². The Bertz CT molecular complexity index is 469. The van der Waals surface area contributed by atoms with E-state index in [1.807, 2.05) is 24.3 Å². The number of benzene rings is 1. The largest absolute Gasteiger partial charge is 0.352 e. The van der Waals surface area contributed by atoms with Crippen LogP contribution in [-0.2, 0) is 16.0 Å². The first-order chi connectivity index (χ1) is 9.63. The maximum absolute atomic E-state index is 11.6. The van der Waals surface area contributed by atoms with Gasteiger partial charge in [-0.2, -0.15) is 0 Å². The minimum absolute atomic E-state index is 0.0788. The summed E-state index contributed by atoms with van der Waals surface area (Å²) in [7, 11) is 0. The third kappa shape index (κ3) is 5.61. The second-order valence-corrected chi connectivity index (χ2v) is 5.53. The fourth-order valence-electron chi connectivity index (χ4n) is 1.88. The Hall–Kier alpha value is -1.55. The molecule has 0 radical (unpaired) electrons. The summed E-state index contributed by atoms with van der Waals surface area (Å²) >= 11 is 5.81. The molecule has 0 atom stereocenters. The summed E-state index contributed by atoms with van der Waals surface area (Å²) in [5, 5.41) is 6.19. The van der Waals surface area contributed by atoms with Gasteiger partial charge in [0.05, 0.1) is 6.54 Å². The van der Waals surface area contributed by atoms with Crippen LogP contribution in [0.4, 0.5) is 0 Å². The predicted molar refractivity (Wildman–Crippen MR) is 78.6 cm³/mol. The average molecular weight is 295 g/mol. The molecule has 1 aromatic carbocycles. The third-order valence-electron chi connectivity index (χ3n) is 3.17. The van der Waals surface area contributed by atoms with Crippen LogP contribution < -0.4 is 10.6 Å². The maximum Gasteiger partial charge on any atom is 0.239 e. The Labute approximate surface area is 123 Å². The van der Waals surface area contributed by atoms with Crippen LogP contribution in [0.5, 0.6) is 0 Å². The second-order valence-electron chi connectivity index (χ2n) is 5.10. The average Bonchev–Trinajstić information content (AvgIpc) is 3.23. The molecule has 108 valence electrons. The molecule has 0 spiro atoms. The van der Waals surface area contributed by atoms with Crippen LogP contribution in [-0.4, -0.2) is 24.4 Å². The van der Waals surface area contributed by atoms with E-state index >= 15 is 0 Å². The highest BCUT2D eigenvalue weighted by molar-refractivity contribution is 6.30. The molecule has 1 aliphatic rings. The van der Waals surface area contributed by atoms with Crippen molar-refractivity contribution in [3.05, 3.63) is 34.9 Å². The first-order valence-corrected chi connectivity index (χ1v) is 7.32. The summed E-state index contributed by atoms with van der Waals surface area (Å²) in [5.41, 5.74) is 1.16. The lowest BCUT2D eigenvalue weighted by atomic mass is 10.1. The molecule has 0 aromatic heterocycles. The predicted octanol–water partition coefficient (Wildman–Crippen LogP) is 2.06. The minimum Gasteiger partial charge on any atom is -0.352 e. The van der Waals surface area contributed by atoms with E-state index in [4.69, 9.17) is 11.6 Å². The highest BCUT2D eigenvalue weighted by Gasteiger charge is 2.22. The maximum atomic E-state index is 11.6. The van der Waals surface area contributed by atoms with Gasteiger partial charge in [-0.3, -0.25) is 9.59 Å². The molecule has 20 heavy (non-hydrogen) atoms. The minimum atomic E-state index is -0.0986. The van der Waals surface area contributed by atoms with Crippen molar-refractivity contribution < 1.29 is 9.59 Å². The van der Waals surface area contributed by atoms with Gasteiger partial charge in [0.15, 0.2) is 0 Å². The summed E-state index contributed by atoms with van der Waals surface area (Å²) in [4.78, 5) is 23.0. The zero-order valence-electron chi connectivity index (χ0n) is 11.3. The molecule has 4 nitrogen and oxygen atoms in total. The Kier molecular flexibility index (Phi) is 5.41. The first kappa shape index (κ1) is 14.9. The summed E-state index contributed by atoms with van der Waals surface area (Å²) < 4.78 is 0. The van der Waals surface area contributed by atoms with Gasteiger partial charge >= 0.3 is 0 Å². The molecule has 2 rings (SSSR count). The van der Waals surface area contributed by atoms with Gasteiger partial charge in [-0.1, -0.05) is 23.7 Å². The molecule has 0 aliphatic heterocycles. The zero-order valence-corrected chi connectivity index (χ0v) is 12.1. The number of carbonyl (C=O) groups excluding carboxylic acids is 2. The summed E-state index contributed by atoms with van der Waals surface area (Å²) in [6.07, 6.45) is 4.14. The molecule has 1 fully saturated rings. The molecule has 0 unspecified atom stereocenters. The molecule has 0 bridgehead atoms. The van der Waals surface area contributed by atoms with E-state index in [-0.39, 0.29) is 18.4 Å². The summed E-state index contributed by atoms with van der Waals surface area (Å²) in [6, 6.07) is 7.95. The number of halogens is 1. The second kappa shape index (κ2) is 7.29. The number of carbonyl (C=O) groups is 2. The van der Waals surface area contributed by atoms with Crippen molar-refractivity contribution in [1.29, 1.82) is 0 Å². The van der Waals surface area contributed by atoms with Gasteiger partial charge in [-0.25, -0.2) is 0 Å². The molecule has 1 aliphatic carbocycles. The molecule has 2 N–H and O–H groups in total. The smallest absolute Gasteiger partial charge is 0.239 e. The van der Waals surface area contributed by atoms with Crippen LogP contribution in [0.25, 0.3) is 0 Å². The zero-order chi connectivity index (χ0) is 14.4. The molecule has 5 heteroatoms. The lowest BCUT2D eigenvalue weighted by Gasteiger charge is -2.06. The van der Waals surface area contributed by atoms with Gasteiger partial charge < -0.3 is 10.6 Å². The van der Waals surface area contributed by atoms with E-state index in [2.05, 4.69) is 10.6 Å². The molecule has 2 amide bonds. The first-order valence-electron chi connectivity index (χ1n) is 6.94. The molecule has 1 saturated carbocycles.